The number of fused-ring (bicyclic) bond motifs is 1. The molecule has 5 nitrogen and oxygen atoms in total. The molecule has 5 heteroatoms. The van der Waals surface area contributed by atoms with E-state index in [2.05, 4.69) is 5.32 Å². The smallest absolute Gasteiger partial charge is 0.244 e. The number of rotatable bonds is 5. The fourth-order valence-electron chi connectivity index (χ4n) is 2.42. The molecule has 124 valence electrons. The van der Waals surface area contributed by atoms with Gasteiger partial charge in [-0.2, -0.15) is 0 Å². The molecule has 0 aliphatic carbocycles. The third-order valence-corrected chi connectivity index (χ3v) is 3.63. The highest BCUT2D eigenvalue weighted by atomic mass is 16.6. The number of benzene rings is 2. The van der Waals surface area contributed by atoms with Gasteiger partial charge in [0, 0.05) is 18.2 Å². The van der Waals surface area contributed by atoms with Gasteiger partial charge in [-0.25, -0.2) is 0 Å². The van der Waals surface area contributed by atoms with Crippen molar-refractivity contribution < 1.29 is 19.0 Å². The monoisotopic (exact) mass is 325 g/mol. The van der Waals surface area contributed by atoms with E-state index in [1.807, 2.05) is 42.5 Å². The lowest BCUT2D eigenvalue weighted by Crippen LogP contribution is -2.21. The molecule has 1 aliphatic heterocycles. The number of hydrogen-bond acceptors (Lipinski definition) is 4. The average molecular weight is 325 g/mol. The Labute approximate surface area is 140 Å². The molecule has 0 radical (unpaired) electrons. The molecular formula is C19H19NO4. The summed E-state index contributed by atoms with van der Waals surface area (Å²) in [4.78, 5) is 12.0. The third-order valence-electron chi connectivity index (χ3n) is 3.63. The van der Waals surface area contributed by atoms with Gasteiger partial charge in [-0.05, 0) is 29.8 Å². The molecule has 0 aromatic heterocycles. The number of hydrogen-bond donors (Lipinski definition) is 1. The van der Waals surface area contributed by atoms with Gasteiger partial charge in [0.05, 0.1) is 7.11 Å². The van der Waals surface area contributed by atoms with Crippen LogP contribution in [-0.2, 0) is 11.3 Å². The van der Waals surface area contributed by atoms with E-state index in [0.29, 0.717) is 19.8 Å². The zero-order valence-corrected chi connectivity index (χ0v) is 13.5. The minimum atomic E-state index is -0.171. The lowest BCUT2D eigenvalue weighted by Gasteiger charge is -2.18. The molecule has 0 atom stereocenters. The Morgan fingerprint density at radius 3 is 2.79 bits per heavy atom. The van der Waals surface area contributed by atoms with Crippen molar-refractivity contribution in [1.29, 1.82) is 0 Å². The van der Waals surface area contributed by atoms with E-state index in [-0.39, 0.29) is 5.91 Å². The molecule has 2 aromatic rings. The summed E-state index contributed by atoms with van der Waals surface area (Å²) >= 11 is 0. The minimum absolute atomic E-state index is 0.171. The largest absolute Gasteiger partial charge is 0.496 e. The summed E-state index contributed by atoms with van der Waals surface area (Å²) in [7, 11) is 1.61. The van der Waals surface area contributed by atoms with Crippen LogP contribution in [0.2, 0.25) is 0 Å². The van der Waals surface area contributed by atoms with Gasteiger partial charge in [0.1, 0.15) is 19.0 Å². The molecule has 1 heterocycles. The highest BCUT2D eigenvalue weighted by Gasteiger charge is 2.11. The van der Waals surface area contributed by atoms with Gasteiger partial charge in [0.2, 0.25) is 5.91 Å². The topological polar surface area (TPSA) is 56.8 Å². The van der Waals surface area contributed by atoms with Gasteiger partial charge in [-0.15, -0.1) is 0 Å². The normalized spacial score (nSPS) is 12.9. The molecule has 1 aliphatic rings. The molecule has 2 aromatic carbocycles. The van der Waals surface area contributed by atoms with Crippen molar-refractivity contribution in [3.63, 3.8) is 0 Å². The predicted molar refractivity (Wildman–Crippen MR) is 91.3 cm³/mol. The van der Waals surface area contributed by atoms with E-state index in [1.54, 1.807) is 13.2 Å². The SMILES string of the molecule is COc1ccccc1/C=C/C(=O)NCc1ccc2c(c1)OCCO2. The lowest BCUT2D eigenvalue weighted by atomic mass is 10.1. The number of amides is 1. The number of methoxy groups -OCH3 is 1. The second-order valence-electron chi connectivity index (χ2n) is 5.27. The first-order valence-corrected chi connectivity index (χ1v) is 7.74. The van der Waals surface area contributed by atoms with Crippen molar-refractivity contribution in [3.05, 3.63) is 59.7 Å². The van der Waals surface area contributed by atoms with Crippen molar-refractivity contribution >= 4 is 12.0 Å². The van der Waals surface area contributed by atoms with Crippen LogP contribution in [0.1, 0.15) is 11.1 Å². The Balaban J connectivity index is 1.58. The van der Waals surface area contributed by atoms with Crippen LogP contribution in [0.4, 0.5) is 0 Å². The highest BCUT2D eigenvalue weighted by Crippen LogP contribution is 2.30. The van der Waals surface area contributed by atoms with Gasteiger partial charge < -0.3 is 19.5 Å². The molecule has 24 heavy (non-hydrogen) atoms. The summed E-state index contributed by atoms with van der Waals surface area (Å²) < 4.78 is 16.3. The van der Waals surface area contributed by atoms with Crippen molar-refractivity contribution in [2.45, 2.75) is 6.54 Å². The second-order valence-corrected chi connectivity index (χ2v) is 5.27. The Morgan fingerprint density at radius 1 is 1.17 bits per heavy atom. The van der Waals surface area contributed by atoms with Crippen LogP contribution in [-0.4, -0.2) is 26.2 Å². The van der Waals surface area contributed by atoms with Gasteiger partial charge in [0.25, 0.3) is 0 Å². The quantitative estimate of drug-likeness (QED) is 0.859. The summed E-state index contributed by atoms with van der Waals surface area (Å²) in [6.45, 7) is 1.53. The van der Waals surface area contributed by atoms with E-state index in [0.717, 1.165) is 28.4 Å². The summed E-state index contributed by atoms with van der Waals surface area (Å²) in [5.41, 5.74) is 1.81. The molecule has 0 saturated carbocycles. The first-order chi connectivity index (χ1) is 11.8. The fourth-order valence-corrected chi connectivity index (χ4v) is 2.42. The number of ether oxygens (including phenoxy) is 3. The fraction of sp³-hybridized carbons (Fsp3) is 0.211. The van der Waals surface area contributed by atoms with Gasteiger partial charge >= 0.3 is 0 Å². The van der Waals surface area contributed by atoms with E-state index in [9.17, 15) is 4.79 Å². The van der Waals surface area contributed by atoms with Crippen LogP contribution in [0.5, 0.6) is 17.2 Å². The van der Waals surface area contributed by atoms with E-state index in [4.69, 9.17) is 14.2 Å². The molecule has 0 bridgehead atoms. The maximum atomic E-state index is 12.0. The van der Waals surface area contributed by atoms with Crippen LogP contribution in [0.15, 0.2) is 48.5 Å². The average Bonchev–Trinajstić information content (AvgIpc) is 2.64. The van der Waals surface area contributed by atoms with Crippen molar-refractivity contribution in [2.75, 3.05) is 20.3 Å². The standard InChI is InChI=1S/C19H19NO4/c1-22-16-5-3-2-4-15(16)7-9-19(21)20-13-14-6-8-17-18(12-14)24-11-10-23-17/h2-9,12H,10-11,13H2,1H3,(H,20,21)/b9-7+. The minimum Gasteiger partial charge on any atom is -0.496 e. The molecule has 0 unspecified atom stereocenters. The highest BCUT2D eigenvalue weighted by molar-refractivity contribution is 5.92. The predicted octanol–water partition coefficient (Wildman–Crippen LogP) is 2.80. The number of carbonyl (C=O) groups is 1. The van der Waals surface area contributed by atoms with E-state index >= 15 is 0 Å². The molecule has 1 amide bonds. The Morgan fingerprint density at radius 2 is 1.96 bits per heavy atom. The zero-order valence-electron chi connectivity index (χ0n) is 13.5. The molecule has 3 rings (SSSR count). The van der Waals surface area contributed by atoms with Crippen molar-refractivity contribution in [1.82, 2.24) is 5.32 Å². The molecule has 1 N–H and O–H groups in total. The first kappa shape index (κ1) is 15.9. The molecule has 0 fully saturated rings. The summed E-state index contributed by atoms with van der Waals surface area (Å²) in [6.07, 6.45) is 3.23. The van der Waals surface area contributed by atoms with E-state index < -0.39 is 0 Å². The summed E-state index contributed by atoms with van der Waals surface area (Å²) in [5.74, 6) is 2.02. The molecular weight excluding hydrogens is 306 g/mol. The second kappa shape index (κ2) is 7.55. The number of carbonyl (C=O) groups excluding carboxylic acids is 1. The number of nitrogens with one attached hydrogen (secondary N) is 1. The van der Waals surface area contributed by atoms with E-state index in [1.165, 1.54) is 6.08 Å². The van der Waals surface area contributed by atoms with Gasteiger partial charge in [-0.1, -0.05) is 24.3 Å². The van der Waals surface area contributed by atoms with Crippen LogP contribution < -0.4 is 19.5 Å². The van der Waals surface area contributed by atoms with Crippen molar-refractivity contribution in [3.8, 4) is 17.2 Å². The Hall–Kier alpha value is -2.95. The first-order valence-electron chi connectivity index (χ1n) is 7.74. The molecule has 0 spiro atoms. The van der Waals surface area contributed by atoms with Crippen LogP contribution >= 0.6 is 0 Å². The number of para-hydroxylation sites is 1. The van der Waals surface area contributed by atoms with Gasteiger partial charge in [-0.3, -0.25) is 4.79 Å². The van der Waals surface area contributed by atoms with Crippen LogP contribution in [0, 0.1) is 0 Å². The lowest BCUT2D eigenvalue weighted by molar-refractivity contribution is -0.116. The summed E-state index contributed by atoms with van der Waals surface area (Å²) in [6, 6.07) is 13.2. The van der Waals surface area contributed by atoms with Crippen LogP contribution in [0.25, 0.3) is 6.08 Å². The molecule has 0 saturated heterocycles. The maximum absolute atomic E-state index is 12.0. The Bertz CT molecular complexity index is 755. The van der Waals surface area contributed by atoms with Gasteiger partial charge in [0.15, 0.2) is 11.5 Å². The third kappa shape index (κ3) is 3.87. The summed E-state index contributed by atoms with van der Waals surface area (Å²) in [5, 5.41) is 2.85. The Kier molecular flexibility index (Phi) is 5.01. The maximum Gasteiger partial charge on any atom is 0.244 e. The van der Waals surface area contributed by atoms with Crippen LogP contribution in [0.3, 0.4) is 0 Å². The van der Waals surface area contributed by atoms with Crippen molar-refractivity contribution in [2.24, 2.45) is 0 Å². The zero-order chi connectivity index (χ0) is 16.8.